The van der Waals surface area contributed by atoms with Crippen molar-refractivity contribution >= 4 is 0 Å². The molecule has 0 saturated heterocycles. The van der Waals surface area contributed by atoms with Gasteiger partial charge in [0.15, 0.2) is 12.2 Å². The zero-order chi connectivity index (χ0) is 10.3. The Labute approximate surface area is 87.9 Å². The zero-order valence-corrected chi connectivity index (χ0v) is 8.66. The molecule has 0 fully saturated rings. The van der Waals surface area contributed by atoms with Crippen LogP contribution in [-0.4, -0.2) is 16.1 Å². The monoisotopic (exact) mass is 203 g/mol. The molecule has 1 aliphatic heterocycles. The molecule has 3 heterocycles. The second kappa shape index (κ2) is 3.24. The van der Waals surface area contributed by atoms with Gasteiger partial charge in [-0.2, -0.15) is 0 Å². The molecule has 2 aromatic rings. The molecule has 15 heavy (non-hydrogen) atoms. The summed E-state index contributed by atoms with van der Waals surface area (Å²) in [6.07, 6.45) is 3.64. The van der Waals surface area contributed by atoms with Crippen molar-refractivity contribution in [3.05, 3.63) is 30.0 Å². The van der Waals surface area contributed by atoms with Crippen LogP contribution in [-0.2, 0) is 13.1 Å². The highest BCUT2D eigenvalue weighted by atomic mass is 16.3. The molecule has 0 aliphatic carbocycles. The molecule has 0 amide bonds. The van der Waals surface area contributed by atoms with E-state index in [1.807, 2.05) is 6.92 Å². The van der Waals surface area contributed by atoms with Crippen LogP contribution in [0.1, 0.15) is 11.4 Å². The van der Waals surface area contributed by atoms with E-state index in [2.05, 4.69) is 27.1 Å². The third kappa shape index (κ3) is 1.37. The number of hydrogen-bond donors (Lipinski definition) is 1. The second-order valence-corrected chi connectivity index (χ2v) is 3.86. The average Bonchev–Trinajstić information content (AvgIpc) is 2.82. The summed E-state index contributed by atoms with van der Waals surface area (Å²) in [6.45, 7) is 4.97. The predicted molar refractivity (Wildman–Crippen MR) is 56.4 cm³/mol. The standard InChI is InChI=1S/C11H13N3O/c1-8-11(15-7-13-8)9-4-10-5-12-2-3-14(10)6-9/h4,6-7,12H,2-3,5H2,1H3. The van der Waals surface area contributed by atoms with Crippen molar-refractivity contribution in [2.24, 2.45) is 0 Å². The van der Waals surface area contributed by atoms with Gasteiger partial charge in [0.2, 0.25) is 0 Å². The number of aryl methyl sites for hydroxylation is 1. The fraction of sp³-hybridized carbons (Fsp3) is 0.364. The smallest absolute Gasteiger partial charge is 0.181 e. The van der Waals surface area contributed by atoms with Crippen LogP contribution in [0.4, 0.5) is 0 Å². The Morgan fingerprint density at radius 3 is 3.20 bits per heavy atom. The Bertz CT molecular complexity index is 460. The molecule has 0 bridgehead atoms. The molecule has 4 heteroatoms. The lowest BCUT2D eigenvalue weighted by Gasteiger charge is -2.15. The van der Waals surface area contributed by atoms with Gasteiger partial charge >= 0.3 is 0 Å². The molecule has 0 saturated carbocycles. The van der Waals surface area contributed by atoms with Crippen molar-refractivity contribution in [2.45, 2.75) is 20.0 Å². The first-order chi connectivity index (χ1) is 7.34. The normalized spacial score (nSPS) is 15.3. The summed E-state index contributed by atoms with van der Waals surface area (Å²) in [5.41, 5.74) is 3.39. The van der Waals surface area contributed by atoms with Gasteiger partial charge in [0.05, 0.1) is 5.69 Å². The first-order valence-corrected chi connectivity index (χ1v) is 5.15. The Hall–Kier alpha value is -1.55. The van der Waals surface area contributed by atoms with Gasteiger partial charge in [-0.25, -0.2) is 4.98 Å². The highest BCUT2D eigenvalue weighted by Gasteiger charge is 2.14. The summed E-state index contributed by atoms with van der Waals surface area (Å²) >= 11 is 0. The molecule has 3 rings (SSSR count). The van der Waals surface area contributed by atoms with E-state index in [9.17, 15) is 0 Å². The van der Waals surface area contributed by atoms with Crippen molar-refractivity contribution in [1.82, 2.24) is 14.9 Å². The fourth-order valence-electron chi connectivity index (χ4n) is 2.03. The Morgan fingerprint density at radius 2 is 2.47 bits per heavy atom. The minimum absolute atomic E-state index is 0.886. The van der Waals surface area contributed by atoms with Crippen LogP contribution in [0.2, 0.25) is 0 Å². The molecule has 1 aliphatic rings. The maximum absolute atomic E-state index is 5.38. The second-order valence-electron chi connectivity index (χ2n) is 3.86. The van der Waals surface area contributed by atoms with E-state index in [0.29, 0.717) is 0 Å². The van der Waals surface area contributed by atoms with Crippen LogP contribution in [0.5, 0.6) is 0 Å². The SMILES string of the molecule is Cc1ncoc1-c1cc2n(c1)CCNC2. The Kier molecular flexibility index (Phi) is 1.89. The third-order valence-corrected chi connectivity index (χ3v) is 2.83. The van der Waals surface area contributed by atoms with Gasteiger partial charge in [0.1, 0.15) is 0 Å². The van der Waals surface area contributed by atoms with Crippen molar-refractivity contribution in [1.29, 1.82) is 0 Å². The van der Waals surface area contributed by atoms with Crippen molar-refractivity contribution in [3.8, 4) is 11.3 Å². The minimum atomic E-state index is 0.886. The van der Waals surface area contributed by atoms with Crippen LogP contribution in [0, 0.1) is 6.92 Å². The highest BCUT2D eigenvalue weighted by Crippen LogP contribution is 2.25. The molecule has 0 aromatic carbocycles. The van der Waals surface area contributed by atoms with E-state index in [0.717, 1.165) is 36.7 Å². The number of oxazole rings is 1. The van der Waals surface area contributed by atoms with Crippen LogP contribution >= 0.6 is 0 Å². The lowest BCUT2D eigenvalue weighted by Crippen LogP contribution is -2.27. The molecule has 2 aromatic heterocycles. The molecule has 0 radical (unpaired) electrons. The van der Waals surface area contributed by atoms with Crippen LogP contribution in [0.3, 0.4) is 0 Å². The Balaban J connectivity index is 2.06. The van der Waals surface area contributed by atoms with Gasteiger partial charge in [0, 0.05) is 37.1 Å². The summed E-state index contributed by atoms with van der Waals surface area (Å²) in [5, 5.41) is 3.35. The lowest BCUT2D eigenvalue weighted by molar-refractivity contribution is 0.516. The van der Waals surface area contributed by atoms with Gasteiger partial charge in [0.25, 0.3) is 0 Å². The first-order valence-electron chi connectivity index (χ1n) is 5.15. The average molecular weight is 203 g/mol. The van der Waals surface area contributed by atoms with Crippen LogP contribution in [0.25, 0.3) is 11.3 Å². The van der Waals surface area contributed by atoms with Crippen LogP contribution < -0.4 is 5.32 Å². The predicted octanol–water partition coefficient (Wildman–Crippen LogP) is 1.55. The van der Waals surface area contributed by atoms with Gasteiger partial charge in [-0.15, -0.1) is 0 Å². The molecule has 78 valence electrons. The molecule has 0 atom stereocenters. The minimum Gasteiger partial charge on any atom is -0.443 e. The Morgan fingerprint density at radius 1 is 1.53 bits per heavy atom. The summed E-state index contributed by atoms with van der Waals surface area (Å²) < 4.78 is 7.65. The number of aromatic nitrogens is 2. The number of rotatable bonds is 1. The van der Waals surface area contributed by atoms with Crippen molar-refractivity contribution in [3.63, 3.8) is 0 Å². The van der Waals surface area contributed by atoms with Crippen LogP contribution in [0.15, 0.2) is 23.1 Å². The zero-order valence-electron chi connectivity index (χ0n) is 8.66. The van der Waals surface area contributed by atoms with E-state index in [1.54, 1.807) is 0 Å². The summed E-state index contributed by atoms with van der Waals surface area (Å²) in [6, 6.07) is 2.17. The van der Waals surface area contributed by atoms with Gasteiger partial charge < -0.3 is 14.3 Å². The van der Waals surface area contributed by atoms with Gasteiger partial charge in [-0.1, -0.05) is 0 Å². The lowest BCUT2D eigenvalue weighted by atomic mass is 10.2. The molecule has 0 spiro atoms. The van der Waals surface area contributed by atoms with E-state index in [-0.39, 0.29) is 0 Å². The largest absolute Gasteiger partial charge is 0.443 e. The fourth-order valence-corrected chi connectivity index (χ4v) is 2.03. The summed E-state index contributed by atoms with van der Waals surface area (Å²) in [4.78, 5) is 4.11. The highest BCUT2D eigenvalue weighted by molar-refractivity contribution is 5.59. The molecule has 1 N–H and O–H groups in total. The number of nitrogens with zero attached hydrogens (tertiary/aromatic N) is 2. The van der Waals surface area contributed by atoms with E-state index < -0.39 is 0 Å². The van der Waals surface area contributed by atoms with Gasteiger partial charge in [-0.05, 0) is 13.0 Å². The molecular formula is C11H13N3O. The summed E-state index contributed by atoms with van der Waals surface area (Å²) in [5.74, 6) is 0.886. The molecule has 4 nitrogen and oxygen atoms in total. The third-order valence-electron chi connectivity index (χ3n) is 2.83. The van der Waals surface area contributed by atoms with Crippen molar-refractivity contribution in [2.75, 3.05) is 6.54 Å². The molecule has 0 unspecified atom stereocenters. The molecular weight excluding hydrogens is 190 g/mol. The van der Waals surface area contributed by atoms with E-state index >= 15 is 0 Å². The topological polar surface area (TPSA) is 43.0 Å². The number of nitrogens with one attached hydrogen (secondary N) is 1. The maximum atomic E-state index is 5.38. The number of hydrogen-bond acceptors (Lipinski definition) is 3. The van der Waals surface area contributed by atoms with E-state index in [4.69, 9.17) is 4.42 Å². The quantitative estimate of drug-likeness (QED) is 0.764. The van der Waals surface area contributed by atoms with Crippen molar-refractivity contribution < 1.29 is 4.42 Å². The summed E-state index contributed by atoms with van der Waals surface area (Å²) in [7, 11) is 0. The number of fused-ring (bicyclic) bond motifs is 1. The van der Waals surface area contributed by atoms with E-state index in [1.165, 1.54) is 12.1 Å². The maximum Gasteiger partial charge on any atom is 0.181 e. The van der Waals surface area contributed by atoms with Gasteiger partial charge in [-0.3, -0.25) is 0 Å². The first kappa shape index (κ1) is 8.73.